The number of thioether (sulfide) groups is 1. The number of rotatable bonds is 6. The molecule has 5 rings (SSSR count). The van der Waals surface area contributed by atoms with E-state index in [-0.39, 0.29) is 5.56 Å². The second-order valence-corrected chi connectivity index (χ2v) is 9.11. The molecule has 0 bridgehead atoms. The van der Waals surface area contributed by atoms with E-state index in [4.69, 9.17) is 0 Å². The quantitative estimate of drug-likeness (QED) is 0.204. The normalized spacial score (nSPS) is 11.2. The van der Waals surface area contributed by atoms with Crippen LogP contribution in [0.15, 0.2) is 65.0 Å². The van der Waals surface area contributed by atoms with Gasteiger partial charge in [-0.25, -0.2) is 14.1 Å². The van der Waals surface area contributed by atoms with Crippen LogP contribution in [0.25, 0.3) is 21.3 Å². The van der Waals surface area contributed by atoms with Crippen LogP contribution in [-0.4, -0.2) is 30.8 Å². The predicted octanol–water partition coefficient (Wildman–Crippen LogP) is 5.09. The lowest BCUT2D eigenvalue weighted by atomic mass is 10.1. The smallest absolute Gasteiger partial charge is 0.272 e. The van der Waals surface area contributed by atoms with Crippen molar-refractivity contribution in [2.45, 2.75) is 10.2 Å². The minimum absolute atomic E-state index is 0.277. The molecule has 1 amide bonds. The van der Waals surface area contributed by atoms with Crippen molar-refractivity contribution in [2.24, 2.45) is 0 Å². The van der Waals surface area contributed by atoms with Crippen LogP contribution in [0.4, 0.5) is 15.8 Å². The number of non-ortho nitro benzene ring substituents is 1. The number of hydrogen-bond acceptors (Lipinski definition) is 8. The van der Waals surface area contributed by atoms with Gasteiger partial charge in [-0.05, 0) is 36.4 Å². The summed E-state index contributed by atoms with van der Waals surface area (Å²) in [5.41, 5.74) is 2.31. The molecular formula is C21H13FN6O3S2. The van der Waals surface area contributed by atoms with Crippen molar-refractivity contribution in [3.8, 4) is 0 Å². The molecule has 0 aliphatic heterocycles. The van der Waals surface area contributed by atoms with Gasteiger partial charge in [0.15, 0.2) is 4.34 Å². The van der Waals surface area contributed by atoms with Crippen molar-refractivity contribution in [1.29, 1.82) is 0 Å². The second-order valence-electron chi connectivity index (χ2n) is 6.89. The maximum absolute atomic E-state index is 14.1. The van der Waals surface area contributed by atoms with Gasteiger partial charge in [0, 0.05) is 11.8 Å². The number of amides is 1. The Kier molecular flexibility index (Phi) is 5.44. The van der Waals surface area contributed by atoms with Crippen LogP contribution in [0, 0.1) is 15.9 Å². The van der Waals surface area contributed by atoms with Gasteiger partial charge in [-0.1, -0.05) is 29.1 Å². The first-order valence-corrected chi connectivity index (χ1v) is 11.3. The molecule has 164 valence electrons. The van der Waals surface area contributed by atoms with Crippen molar-refractivity contribution < 1.29 is 14.1 Å². The molecular weight excluding hydrogens is 467 g/mol. The number of thiazole rings is 1. The highest BCUT2D eigenvalue weighted by Gasteiger charge is 2.17. The van der Waals surface area contributed by atoms with Crippen LogP contribution in [0.1, 0.15) is 10.4 Å². The van der Waals surface area contributed by atoms with E-state index in [9.17, 15) is 19.3 Å². The summed E-state index contributed by atoms with van der Waals surface area (Å²) in [6, 6.07) is 15.8. The number of nitro benzene ring substituents is 1. The highest BCUT2D eigenvalue weighted by molar-refractivity contribution is 8.00. The molecule has 0 fully saturated rings. The fourth-order valence-corrected chi connectivity index (χ4v) is 5.16. The van der Waals surface area contributed by atoms with Crippen molar-refractivity contribution in [3.05, 3.63) is 82.2 Å². The van der Waals surface area contributed by atoms with Crippen LogP contribution >= 0.6 is 23.1 Å². The Labute approximate surface area is 193 Å². The summed E-state index contributed by atoms with van der Waals surface area (Å²) >= 11 is 2.98. The standard InChI is InChI=1S/C21H13FN6O3S2/c22-15-10-13(28(30)31)6-7-14(15)20(29)23-12-5-8-17-19(9-12)33-21(24-17)32-11-27-18-4-2-1-3-16(18)25-26-27/h1-10H,11H2,(H,23,29). The SMILES string of the molecule is O=C(Nc1ccc2nc(SCn3nnc4ccccc43)sc2c1)c1ccc([N+](=O)[O-])cc1F. The molecule has 0 radical (unpaired) electrons. The number of nitro groups is 1. The predicted molar refractivity (Wildman–Crippen MR) is 124 cm³/mol. The monoisotopic (exact) mass is 480 g/mol. The summed E-state index contributed by atoms with van der Waals surface area (Å²) in [6.07, 6.45) is 0. The van der Waals surface area contributed by atoms with Gasteiger partial charge in [0.05, 0.1) is 38.2 Å². The number of carbonyl (C=O) groups is 1. The third-order valence-corrected chi connectivity index (χ3v) is 6.89. The maximum atomic E-state index is 14.1. The lowest BCUT2D eigenvalue weighted by Gasteiger charge is -2.06. The van der Waals surface area contributed by atoms with Gasteiger partial charge < -0.3 is 5.32 Å². The van der Waals surface area contributed by atoms with Crippen LogP contribution in [-0.2, 0) is 5.88 Å². The lowest BCUT2D eigenvalue weighted by Crippen LogP contribution is -2.13. The molecule has 5 aromatic rings. The van der Waals surface area contributed by atoms with Crippen LogP contribution < -0.4 is 5.32 Å². The van der Waals surface area contributed by atoms with Crippen molar-refractivity contribution >= 4 is 61.6 Å². The molecule has 0 aliphatic rings. The van der Waals surface area contributed by atoms with Gasteiger partial charge in [0.2, 0.25) is 0 Å². The molecule has 1 N–H and O–H groups in total. The van der Waals surface area contributed by atoms with E-state index < -0.39 is 22.3 Å². The Bertz CT molecular complexity index is 1530. The molecule has 0 aliphatic carbocycles. The molecule has 12 heteroatoms. The third-order valence-electron chi connectivity index (χ3n) is 4.77. The largest absolute Gasteiger partial charge is 0.322 e. The number of aromatic nitrogens is 4. The topological polar surface area (TPSA) is 116 Å². The van der Waals surface area contributed by atoms with Gasteiger partial charge >= 0.3 is 0 Å². The summed E-state index contributed by atoms with van der Waals surface area (Å²) in [6.45, 7) is 0. The van der Waals surface area contributed by atoms with E-state index >= 15 is 0 Å². The first-order chi connectivity index (χ1) is 16.0. The van der Waals surface area contributed by atoms with Gasteiger partial charge in [-0.2, -0.15) is 0 Å². The first kappa shape index (κ1) is 21.0. The van der Waals surface area contributed by atoms with Crippen molar-refractivity contribution in [2.75, 3.05) is 5.32 Å². The molecule has 9 nitrogen and oxygen atoms in total. The number of fused-ring (bicyclic) bond motifs is 2. The summed E-state index contributed by atoms with van der Waals surface area (Å²) in [5.74, 6) is -1.11. The Morgan fingerprint density at radius 2 is 2.00 bits per heavy atom. The van der Waals surface area contributed by atoms with Crippen molar-refractivity contribution in [3.63, 3.8) is 0 Å². The summed E-state index contributed by atoms with van der Waals surface area (Å²) < 4.78 is 17.6. The molecule has 2 heterocycles. The van der Waals surface area contributed by atoms with E-state index in [0.717, 1.165) is 43.8 Å². The Hall–Kier alpha value is -3.90. The number of anilines is 1. The van der Waals surface area contributed by atoms with E-state index in [1.165, 1.54) is 23.1 Å². The van der Waals surface area contributed by atoms with Gasteiger partial charge in [0.25, 0.3) is 11.6 Å². The van der Waals surface area contributed by atoms with Crippen molar-refractivity contribution in [1.82, 2.24) is 20.0 Å². The average Bonchev–Trinajstić information content (AvgIpc) is 3.40. The molecule has 0 unspecified atom stereocenters. The molecule has 0 spiro atoms. The highest BCUT2D eigenvalue weighted by Crippen LogP contribution is 2.32. The number of hydrogen-bond donors (Lipinski definition) is 1. The molecule has 2 aromatic heterocycles. The molecule has 33 heavy (non-hydrogen) atoms. The maximum Gasteiger partial charge on any atom is 0.272 e. The number of carbonyl (C=O) groups excluding carboxylic acids is 1. The zero-order valence-corrected chi connectivity index (χ0v) is 18.3. The minimum Gasteiger partial charge on any atom is -0.322 e. The first-order valence-electron chi connectivity index (χ1n) is 9.55. The van der Waals surface area contributed by atoms with Gasteiger partial charge in [-0.15, -0.1) is 16.4 Å². The Balaban J connectivity index is 1.31. The number of para-hydroxylation sites is 1. The van der Waals surface area contributed by atoms with Crippen LogP contribution in [0.5, 0.6) is 0 Å². The van der Waals surface area contributed by atoms with E-state index in [1.54, 1.807) is 22.9 Å². The molecule has 0 atom stereocenters. The van der Waals surface area contributed by atoms with Crippen LogP contribution in [0.3, 0.4) is 0 Å². The fourth-order valence-electron chi connectivity index (χ4n) is 3.17. The number of halogens is 1. The number of nitrogens with one attached hydrogen (secondary N) is 1. The van der Waals surface area contributed by atoms with Gasteiger partial charge in [-0.3, -0.25) is 14.9 Å². The third kappa shape index (κ3) is 4.25. The van der Waals surface area contributed by atoms with Gasteiger partial charge in [0.1, 0.15) is 11.3 Å². The molecule has 3 aromatic carbocycles. The zero-order chi connectivity index (χ0) is 22.9. The summed E-state index contributed by atoms with van der Waals surface area (Å²) in [4.78, 5) is 27.1. The average molecular weight is 481 g/mol. The molecule has 0 saturated carbocycles. The second kappa shape index (κ2) is 8.56. The zero-order valence-electron chi connectivity index (χ0n) is 16.6. The minimum atomic E-state index is -0.958. The lowest BCUT2D eigenvalue weighted by molar-refractivity contribution is -0.385. The number of nitrogens with zero attached hydrogens (tertiary/aromatic N) is 5. The van der Waals surface area contributed by atoms with E-state index in [1.807, 2.05) is 24.3 Å². The fraction of sp³-hybridized carbons (Fsp3) is 0.0476. The Morgan fingerprint density at radius 1 is 1.15 bits per heavy atom. The van der Waals surface area contributed by atoms with E-state index in [2.05, 4.69) is 20.6 Å². The van der Waals surface area contributed by atoms with Crippen LogP contribution in [0.2, 0.25) is 0 Å². The summed E-state index contributed by atoms with van der Waals surface area (Å²) in [5, 5.41) is 21.7. The number of benzene rings is 3. The molecule has 0 saturated heterocycles. The van der Waals surface area contributed by atoms with E-state index in [0.29, 0.717) is 11.6 Å². The highest BCUT2D eigenvalue weighted by atomic mass is 32.2. The summed E-state index contributed by atoms with van der Waals surface area (Å²) in [7, 11) is 0. The Morgan fingerprint density at radius 3 is 2.82 bits per heavy atom.